The lowest BCUT2D eigenvalue weighted by Crippen LogP contribution is -2.60. The van der Waals surface area contributed by atoms with Crippen molar-refractivity contribution in [2.24, 2.45) is 0 Å². The third kappa shape index (κ3) is 10.7. The predicted octanol–water partition coefficient (Wildman–Crippen LogP) is 6.08. The number of piperazine rings is 1. The number of benzene rings is 3. The van der Waals surface area contributed by atoms with Crippen molar-refractivity contribution in [3.63, 3.8) is 0 Å². The maximum atomic E-state index is 14.5. The number of hydrogen-bond donors (Lipinski definition) is 2. The van der Waals surface area contributed by atoms with E-state index in [2.05, 4.69) is 26.2 Å². The van der Waals surface area contributed by atoms with E-state index in [4.69, 9.17) is 25.8 Å². The Labute approximate surface area is 379 Å². The molecule has 19 nitrogen and oxygen atoms in total. The third-order valence-electron chi connectivity index (χ3n) is 10.7. The van der Waals surface area contributed by atoms with Crippen molar-refractivity contribution in [3.05, 3.63) is 89.3 Å². The molecule has 2 fully saturated rings. The van der Waals surface area contributed by atoms with Gasteiger partial charge in [-0.2, -0.15) is 4.68 Å². The normalized spacial score (nSPS) is 15.5. The molecule has 0 bridgehead atoms. The molecule has 342 valence electrons. The molecule has 0 spiro atoms. The lowest BCUT2D eigenvalue weighted by molar-refractivity contribution is -0.149. The van der Waals surface area contributed by atoms with Crippen LogP contribution < -0.4 is 15.5 Å². The van der Waals surface area contributed by atoms with Crippen molar-refractivity contribution < 1.29 is 43.0 Å². The van der Waals surface area contributed by atoms with Crippen LogP contribution in [-0.4, -0.2) is 127 Å². The number of esters is 1. The summed E-state index contributed by atoms with van der Waals surface area (Å²) in [4.78, 5) is 87.0. The van der Waals surface area contributed by atoms with Gasteiger partial charge in [-0.1, -0.05) is 23.7 Å². The van der Waals surface area contributed by atoms with Gasteiger partial charge in [-0.3, -0.25) is 14.4 Å². The first-order valence-corrected chi connectivity index (χ1v) is 21.4. The lowest BCUT2D eigenvalue weighted by Gasteiger charge is -2.38. The van der Waals surface area contributed by atoms with Crippen molar-refractivity contribution in [2.45, 2.75) is 84.2 Å². The summed E-state index contributed by atoms with van der Waals surface area (Å²) in [5.74, 6) is -3.22. The second-order valence-corrected chi connectivity index (χ2v) is 18.2. The number of tetrazole rings is 1. The molecule has 0 radical (unpaired) electrons. The van der Waals surface area contributed by atoms with Crippen LogP contribution in [0.1, 0.15) is 70.4 Å². The molecule has 4 heterocycles. The summed E-state index contributed by atoms with van der Waals surface area (Å²) < 4.78 is 19.2. The highest BCUT2D eigenvalue weighted by atomic mass is 35.5. The fourth-order valence-corrected chi connectivity index (χ4v) is 7.81. The summed E-state index contributed by atoms with van der Waals surface area (Å²) in [5, 5.41) is 17.8. The van der Waals surface area contributed by atoms with Gasteiger partial charge in [-0.05, 0) is 125 Å². The number of nitrogens with zero attached hydrogens (tertiary/aromatic N) is 8. The molecule has 0 saturated carbocycles. The van der Waals surface area contributed by atoms with Gasteiger partial charge < -0.3 is 39.5 Å². The zero-order chi connectivity index (χ0) is 46.8. The van der Waals surface area contributed by atoms with Crippen LogP contribution in [0.3, 0.4) is 0 Å². The molecular formula is C45H51ClN10O9. The van der Waals surface area contributed by atoms with Gasteiger partial charge in [0.2, 0.25) is 5.91 Å². The number of fused-ring (bicyclic) bond motifs is 1. The van der Waals surface area contributed by atoms with Gasteiger partial charge in [0.15, 0.2) is 0 Å². The molecule has 2 saturated heterocycles. The Bertz CT molecular complexity index is 2610. The molecule has 2 N–H and O–H groups in total. The minimum Gasteiger partial charge on any atom is -0.455 e. The molecule has 5 amide bonds. The first-order chi connectivity index (χ1) is 30.8. The number of rotatable bonds is 10. The van der Waals surface area contributed by atoms with E-state index in [0.29, 0.717) is 51.6 Å². The second-order valence-electron chi connectivity index (χ2n) is 17.7. The number of ether oxygens (including phenoxy) is 3. The van der Waals surface area contributed by atoms with Crippen LogP contribution in [0.25, 0.3) is 16.6 Å². The molecule has 20 heteroatoms. The average molecular weight is 911 g/mol. The number of nitrogens with one attached hydrogen (secondary N) is 2. The zero-order valence-corrected chi connectivity index (χ0v) is 37.9. The number of urea groups is 1. The van der Waals surface area contributed by atoms with Crippen molar-refractivity contribution >= 4 is 75.4 Å². The summed E-state index contributed by atoms with van der Waals surface area (Å²) in [6.07, 6.45) is 2.12. The summed E-state index contributed by atoms with van der Waals surface area (Å²) in [7, 11) is 1.66. The quantitative estimate of drug-likeness (QED) is 0.121. The molecule has 0 aliphatic carbocycles. The van der Waals surface area contributed by atoms with Gasteiger partial charge in [0.25, 0.3) is 0 Å². The van der Waals surface area contributed by atoms with E-state index in [0.717, 1.165) is 17.4 Å². The number of hydrogen-bond acceptors (Lipinski definition) is 12. The maximum absolute atomic E-state index is 14.5. The Morgan fingerprint density at radius 2 is 1.49 bits per heavy atom. The maximum Gasteiger partial charge on any atom is 0.419 e. The van der Waals surface area contributed by atoms with Crippen LogP contribution in [0.15, 0.2) is 73.1 Å². The van der Waals surface area contributed by atoms with Gasteiger partial charge in [-0.25, -0.2) is 19.0 Å². The molecule has 7 rings (SSSR count). The van der Waals surface area contributed by atoms with Crippen LogP contribution in [0.4, 0.5) is 26.7 Å². The highest BCUT2D eigenvalue weighted by Crippen LogP contribution is 2.31. The molecule has 1 unspecified atom stereocenters. The zero-order valence-electron chi connectivity index (χ0n) is 37.2. The van der Waals surface area contributed by atoms with Crippen molar-refractivity contribution in [3.8, 4) is 5.69 Å². The van der Waals surface area contributed by atoms with Gasteiger partial charge >= 0.3 is 29.9 Å². The number of likely N-dealkylation sites (tertiary alicyclic amines) is 1. The van der Waals surface area contributed by atoms with Crippen LogP contribution in [0.2, 0.25) is 5.02 Å². The molecule has 3 aromatic carbocycles. The van der Waals surface area contributed by atoms with Crippen LogP contribution in [0, 0.1) is 0 Å². The Hall–Kier alpha value is -6.86. The van der Waals surface area contributed by atoms with Gasteiger partial charge in [0.1, 0.15) is 29.3 Å². The van der Waals surface area contributed by atoms with E-state index in [1.807, 2.05) is 0 Å². The highest BCUT2D eigenvalue weighted by Gasteiger charge is 2.41. The number of piperidine rings is 1. The molecular weight excluding hydrogens is 860 g/mol. The van der Waals surface area contributed by atoms with Crippen molar-refractivity contribution in [1.82, 2.24) is 34.6 Å². The highest BCUT2D eigenvalue weighted by molar-refractivity contribution is 6.41. The smallest absolute Gasteiger partial charge is 0.419 e. The van der Waals surface area contributed by atoms with Crippen LogP contribution in [-0.2, 0) is 35.0 Å². The van der Waals surface area contributed by atoms with E-state index < -0.39 is 47.0 Å². The molecule has 1 atom stereocenters. The number of methoxy groups -OCH3 is 1. The van der Waals surface area contributed by atoms with E-state index in [-0.39, 0.29) is 43.0 Å². The topological polar surface area (TPSA) is 212 Å². The summed E-state index contributed by atoms with van der Waals surface area (Å²) >= 11 is 6.36. The van der Waals surface area contributed by atoms with E-state index >= 15 is 0 Å². The number of aromatic nitrogens is 5. The minimum atomic E-state index is -1.21. The van der Waals surface area contributed by atoms with E-state index in [1.165, 1.54) is 32.9 Å². The first kappa shape index (κ1) is 46.1. The Kier molecular flexibility index (Phi) is 13.3. The lowest BCUT2D eigenvalue weighted by atomic mass is 10.0. The van der Waals surface area contributed by atoms with Gasteiger partial charge in [-0.15, -0.1) is 5.10 Å². The Morgan fingerprint density at radius 3 is 2.14 bits per heavy atom. The number of amides is 5. The standard InChI is InChI=1S/C45H51ClN10O9/c1-44(2,3)64-41(60)37-24-28-23-31(13-15-33(28)56(37)43(62)65-45(4,5)6)48-38(57)36(22-27-8-11-30(12-9-27)49-42(61)52-18-16-32(63-7)17-19-52)54-21-20-53(39(58)40(54)59)35-25-29(46)10-14-34(35)55-26-47-50-51-55/h8-15,23-26,32,36H,16-22H2,1-7H3,(H,48,57)(H,49,61). The number of carbonyl (C=O) groups is 6. The third-order valence-corrected chi connectivity index (χ3v) is 10.9. The molecule has 2 aromatic heterocycles. The molecule has 65 heavy (non-hydrogen) atoms. The van der Waals surface area contributed by atoms with Gasteiger partial charge in [0, 0.05) is 61.5 Å². The number of carbonyl (C=O) groups excluding carboxylic acids is 6. The molecule has 2 aliphatic rings. The fraction of sp³-hybridized carbons (Fsp3) is 0.400. The van der Waals surface area contributed by atoms with Crippen LogP contribution >= 0.6 is 11.6 Å². The van der Waals surface area contributed by atoms with E-state index in [9.17, 15) is 28.8 Å². The minimum absolute atomic E-state index is 0.00595. The predicted molar refractivity (Wildman–Crippen MR) is 240 cm³/mol. The summed E-state index contributed by atoms with van der Waals surface area (Å²) in [5.41, 5.74) is 0.632. The SMILES string of the molecule is COC1CCN(C(=O)Nc2ccc(CC(C(=O)Nc3ccc4c(c3)cc(C(=O)OC(C)(C)C)n4C(=O)OC(C)(C)C)N3CCN(c4cc(Cl)ccc4-n4cnnn4)C(=O)C3=O)cc2)CC1. The Balaban J connectivity index is 1.17. The van der Waals surface area contributed by atoms with Crippen molar-refractivity contribution in [2.75, 3.05) is 48.8 Å². The second kappa shape index (κ2) is 18.7. The van der Waals surface area contributed by atoms with Crippen molar-refractivity contribution in [1.29, 1.82) is 0 Å². The number of halogens is 1. The summed E-state index contributed by atoms with van der Waals surface area (Å²) in [6, 6.07) is 16.4. The number of anilines is 3. The molecule has 2 aliphatic heterocycles. The Morgan fingerprint density at radius 1 is 0.800 bits per heavy atom. The average Bonchev–Trinajstić information content (AvgIpc) is 3.92. The van der Waals surface area contributed by atoms with E-state index in [1.54, 1.807) is 108 Å². The summed E-state index contributed by atoms with van der Waals surface area (Å²) in [6.45, 7) is 11.3. The largest absolute Gasteiger partial charge is 0.455 e. The van der Waals surface area contributed by atoms with Gasteiger partial charge in [0.05, 0.1) is 23.0 Å². The van der Waals surface area contributed by atoms with Crippen LogP contribution in [0.5, 0.6) is 0 Å². The fourth-order valence-electron chi connectivity index (χ4n) is 7.65. The first-order valence-electron chi connectivity index (χ1n) is 21.0. The monoisotopic (exact) mass is 910 g/mol. The molecule has 5 aromatic rings.